The largest absolute Gasteiger partial charge is 0.255 e. The molecule has 0 saturated carbocycles. The number of hydrogen-bond donors (Lipinski definition) is 0. The SMILES string of the molecule is C=c1ccccc(=C)cc(-c2cnc(=C)cc3ccccc3cc(=C)n2)cc1. The van der Waals surface area contributed by atoms with Crippen molar-refractivity contribution in [2.45, 2.75) is 0 Å². The second-order valence-corrected chi connectivity index (χ2v) is 6.46. The zero-order valence-electron chi connectivity index (χ0n) is 15.8. The lowest BCUT2D eigenvalue weighted by molar-refractivity contribution is 1.22. The monoisotopic (exact) mass is 362 g/mol. The van der Waals surface area contributed by atoms with Crippen molar-refractivity contribution in [2.75, 3.05) is 0 Å². The van der Waals surface area contributed by atoms with E-state index in [1.54, 1.807) is 6.20 Å². The van der Waals surface area contributed by atoms with Gasteiger partial charge in [0.1, 0.15) is 0 Å². The Hall–Kier alpha value is -3.78. The first-order valence-corrected chi connectivity index (χ1v) is 8.93. The van der Waals surface area contributed by atoms with E-state index in [-0.39, 0.29) is 0 Å². The third kappa shape index (κ3) is 5.12. The van der Waals surface area contributed by atoms with E-state index in [0.29, 0.717) is 16.4 Å². The molecule has 3 aromatic rings. The molecule has 28 heavy (non-hydrogen) atoms. The molecule has 0 saturated heterocycles. The van der Waals surface area contributed by atoms with Crippen LogP contribution in [0.25, 0.3) is 48.3 Å². The van der Waals surface area contributed by atoms with Crippen molar-refractivity contribution >= 4 is 37.1 Å². The summed E-state index contributed by atoms with van der Waals surface area (Å²) in [6.45, 7) is 16.3. The van der Waals surface area contributed by atoms with E-state index in [2.05, 4.69) is 31.3 Å². The molecule has 2 heteroatoms. The van der Waals surface area contributed by atoms with Crippen molar-refractivity contribution in [1.29, 1.82) is 0 Å². The normalized spacial score (nSPS) is 10.0. The van der Waals surface area contributed by atoms with E-state index in [0.717, 1.165) is 26.8 Å². The minimum Gasteiger partial charge on any atom is -0.255 e. The summed E-state index contributed by atoms with van der Waals surface area (Å²) in [6, 6.07) is 25.5. The van der Waals surface area contributed by atoms with Crippen LogP contribution in [-0.4, -0.2) is 9.97 Å². The van der Waals surface area contributed by atoms with Gasteiger partial charge in [0.25, 0.3) is 0 Å². The molecule has 1 aromatic heterocycles. The summed E-state index contributed by atoms with van der Waals surface area (Å²) in [5, 5.41) is 5.09. The van der Waals surface area contributed by atoms with Gasteiger partial charge in [-0.15, -0.1) is 0 Å². The molecule has 0 unspecified atom stereocenters. The second kappa shape index (κ2) is 8.74. The van der Waals surface area contributed by atoms with Gasteiger partial charge in [-0.1, -0.05) is 87.0 Å². The summed E-state index contributed by atoms with van der Waals surface area (Å²) >= 11 is 0. The molecular formula is C26H22N2. The molecule has 0 aliphatic carbocycles. The fraction of sp³-hybridized carbons (Fsp3) is 0. The highest BCUT2D eigenvalue weighted by Crippen LogP contribution is 2.10. The molecule has 2 nitrogen and oxygen atoms in total. The van der Waals surface area contributed by atoms with Gasteiger partial charge in [0.15, 0.2) is 0 Å². The molecule has 0 amide bonds. The molecule has 0 radical (unpaired) electrons. The van der Waals surface area contributed by atoms with Crippen molar-refractivity contribution in [3.63, 3.8) is 0 Å². The summed E-state index contributed by atoms with van der Waals surface area (Å²) in [4.78, 5) is 9.21. The summed E-state index contributed by atoms with van der Waals surface area (Å²) in [5.74, 6) is 0. The Bertz CT molecular complexity index is 1340. The first-order valence-electron chi connectivity index (χ1n) is 8.93. The van der Waals surface area contributed by atoms with Gasteiger partial charge in [0, 0.05) is 5.56 Å². The Kier molecular flexibility index (Phi) is 5.93. The topological polar surface area (TPSA) is 25.8 Å². The fourth-order valence-electron chi connectivity index (χ4n) is 2.74. The molecule has 0 fully saturated rings. The summed E-state index contributed by atoms with van der Waals surface area (Å²) in [6.07, 6.45) is 1.71. The molecule has 136 valence electrons. The maximum Gasteiger partial charge on any atom is 0.0892 e. The molecular weight excluding hydrogens is 340 g/mol. The Morgan fingerprint density at radius 2 is 1.18 bits per heavy atom. The number of fused-ring (bicyclic) bond motifs is 1. The Labute approximate surface area is 164 Å². The quantitative estimate of drug-likeness (QED) is 0.664. The minimum absolute atomic E-state index is 0.640. The first-order chi connectivity index (χ1) is 13.5. The van der Waals surface area contributed by atoms with E-state index < -0.39 is 0 Å². The van der Waals surface area contributed by atoms with Crippen molar-refractivity contribution in [3.05, 3.63) is 106 Å². The van der Waals surface area contributed by atoms with E-state index in [1.165, 1.54) is 0 Å². The van der Waals surface area contributed by atoms with E-state index in [9.17, 15) is 0 Å². The van der Waals surface area contributed by atoms with Gasteiger partial charge in [-0.3, -0.25) is 4.98 Å². The molecule has 0 N–H and O–H groups in total. The number of aromatic nitrogens is 2. The Morgan fingerprint density at radius 1 is 0.571 bits per heavy atom. The summed E-state index contributed by atoms with van der Waals surface area (Å²) in [7, 11) is 0. The van der Waals surface area contributed by atoms with Gasteiger partial charge in [-0.05, 0) is 39.4 Å². The van der Waals surface area contributed by atoms with Gasteiger partial charge in [-0.25, -0.2) is 4.98 Å². The van der Waals surface area contributed by atoms with Gasteiger partial charge in [-0.2, -0.15) is 0 Å². The first kappa shape index (κ1) is 19.0. The second-order valence-electron chi connectivity index (χ2n) is 6.46. The van der Waals surface area contributed by atoms with Crippen molar-refractivity contribution < 1.29 is 0 Å². The molecule has 3 rings (SSSR count). The lowest BCUT2D eigenvalue weighted by atomic mass is 10.1. The molecule has 0 aliphatic rings. The van der Waals surface area contributed by atoms with Crippen LogP contribution in [0.4, 0.5) is 0 Å². The smallest absolute Gasteiger partial charge is 0.0892 e. The van der Waals surface area contributed by atoms with Crippen LogP contribution in [-0.2, 0) is 0 Å². The van der Waals surface area contributed by atoms with Gasteiger partial charge in [0.2, 0.25) is 0 Å². The van der Waals surface area contributed by atoms with Crippen molar-refractivity contribution in [3.8, 4) is 11.3 Å². The highest BCUT2D eigenvalue weighted by molar-refractivity contribution is 5.81. The number of rotatable bonds is 1. The average Bonchev–Trinajstić information content (AvgIpc) is 2.66. The maximum atomic E-state index is 4.71. The van der Waals surface area contributed by atoms with Crippen LogP contribution >= 0.6 is 0 Å². The van der Waals surface area contributed by atoms with Gasteiger partial charge in [0.05, 0.1) is 22.6 Å². The maximum absolute atomic E-state index is 4.71. The van der Waals surface area contributed by atoms with Crippen LogP contribution in [0.5, 0.6) is 0 Å². The number of benzene rings is 1. The molecule has 2 aromatic carbocycles. The third-order valence-electron chi connectivity index (χ3n) is 4.10. The van der Waals surface area contributed by atoms with Crippen LogP contribution in [0, 0.1) is 0 Å². The van der Waals surface area contributed by atoms with Crippen LogP contribution in [0.1, 0.15) is 0 Å². The van der Waals surface area contributed by atoms with E-state index in [4.69, 9.17) is 4.98 Å². The molecule has 1 heterocycles. The van der Waals surface area contributed by atoms with Crippen LogP contribution in [0.15, 0.2) is 85.1 Å². The average molecular weight is 362 g/mol. The molecule has 0 bridgehead atoms. The lowest BCUT2D eigenvalue weighted by Gasteiger charge is -1.97. The summed E-state index contributed by atoms with van der Waals surface area (Å²) in [5.41, 5.74) is 1.55. The highest BCUT2D eigenvalue weighted by Gasteiger charge is 1.96. The molecule has 0 aliphatic heterocycles. The van der Waals surface area contributed by atoms with Crippen molar-refractivity contribution in [1.82, 2.24) is 9.97 Å². The zero-order valence-corrected chi connectivity index (χ0v) is 15.8. The number of nitrogens with zero attached hydrogens (tertiary/aromatic N) is 2. The van der Waals surface area contributed by atoms with Gasteiger partial charge >= 0.3 is 0 Å². The molecule has 0 atom stereocenters. The highest BCUT2D eigenvalue weighted by atomic mass is 14.7. The van der Waals surface area contributed by atoms with Crippen LogP contribution in [0.2, 0.25) is 0 Å². The third-order valence-corrected chi connectivity index (χ3v) is 4.10. The van der Waals surface area contributed by atoms with Crippen molar-refractivity contribution in [2.24, 2.45) is 0 Å². The lowest BCUT2D eigenvalue weighted by Crippen LogP contribution is -2.05. The predicted octanol–water partition coefficient (Wildman–Crippen LogP) is 3.19. The standard InChI is InChI=1S/C26H22N2/c1-19-9-5-6-10-20(2)15-25(14-13-19)26-18-27-21(3)16-23-11-7-8-12-24(23)17-22(4)28-26/h5-18H,1-4H2. The van der Waals surface area contributed by atoms with Gasteiger partial charge < -0.3 is 0 Å². The summed E-state index contributed by atoms with van der Waals surface area (Å²) < 4.78 is 0. The minimum atomic E-state index is 0.640. The van der Waals surface area contributed by atoms with E-state index >= 15 is 0 Å². The fourth-order valence-corrected chi connectivity index (χ4v) is 2.74. The van der Waals surface area contributed by atoms with E-state index in [1.807, 2.05) is 78.9 Å². The number of hydrogen-bond acceptors (Lipinski definition) is 2. The zero-order chi connectivity index (χ0) is 19.9. The predicted molar refractivity (Wildman–Crippen MR) is 121 cm³/mol. The van der Waals surface area contributed by atoms with Crippen LogP contribution in [0.3, 0.4) is 0 Å². The molecule has 0 spiro atoms. The Balaban J connectivity index is 2.40. The van der Waals surface area contributed by atoms with Crippen LogP contribution < -0.4 is 21.1 Å². The Morgan fingerprint density at radius 3 is 1.89 bits per heavy atom.